The molecular weight excluding hydrogens is 424 g/mol. The van der Waals surface area contributed by atoms with E-state index in [4.69, 9.17) is 4.98 Å². The van der Waals surface area contributed by atoms with Gasteiger partial charge in [-0.15, -0.1) is 22.7 Å². The zero-order valence-corrected chi connectivity index (χ0v) is 20.5. The quantitative estimate of drug-likeness (QED) is 0.489. The first-order chi connectivity index (χ1) is 15.0. The second-order valence-electron chi connectivity index (χ2n) is 8.61. The van der Waals surface area contributed by atoms with E-state index in [1.165, 1.54) is 15.1 Å². The summed E-state index contributed by atoms with van der Waals surface area (Å²) in [7, 11) is 2.08. The van der Waals surface area contributed by atoms with Crippen LogP contribution in [0.4, 0.5) is 5.00 Å². The number of nitrogens with one attached hydrogen (secondary N) is 1. The Morgan fingerprint density at radius 1 is 1.26 bits per heavy atom. The van der Waals surface area contributed by atoms with E-state index in [2.05, 4.69) is 61.1 Å². The Kier molecular flexibility index (Phi) is 7.06. The Labute approximate surface area is 193 Å². The number of hydrogen-bond acceptors (Lipinski definition) is 6. The number of benzene rings is 1. The van der Waals surface area contributed by atoms with Gasteiger partial charge in [0.15, 0.2) is 0 Å². The summed E-state index contributed by atoms with van der Waals surface area (Å²) >= 11 is 3.46. The third-order valence-corrected chi connectivity index (χ3v) is 8.09. The van der Waals surface area contributed by atoms with Gasteiger partial charge in [-0.05, 0) is 58.0 Å². The van der Waals surface area contributed by atoms with Crippen molar-refractivity contribution in [1.82, 2.24) is 14.8 Å². The summed E-state index contributed by atoms with van der Waals surface area (Å²) in [5, 5.41) is 5.25. The summed E-state index contributed by atoms with van der Waals surface area (Å²) in [6.45, 7) is 10.5. The predicted molar refractivity (Wildman–Crippen MR) is 133 cm³/mol. The first-order valence-corrected chi connectivity index (χ1v) is 12.8. The molecule has 166 valence electrons. The topological polar surface area (TPSA) is 48.5 Å². The van der Waals surface area contributed by atoms with Gasteiger partial charge in [-0.25, -0.2) is 4.98 Å². The fourth-order valence-electron chi connectivity index (χ4n) is 4.13. The molecule has 3 aromatic rings. The van der Waals surface area contributed by atoms with Gasteiger partial charge in [0.1, 0.15) is 10.0 Å². The number of amides is 1. The molecule has 7 heteroatoms. The molecule has 0 spiro atoms. The van der Waals surface area contributed by atoms with Crippen molar-refractivity contribution >= 4 is 43.8 Å². The molecule has 5 nitrogen and oxygen atoms in total. The standard InChI is InChI=1S/C24H32N4OS2/c1-5-12-27(4)13-11-21(29)26-24-22(23-25-18-8-6-7-9-19(18)30-23)17-10-14-28(16(2)3)15-20(17)31-24/h6-9,16H,5,10-15H2,1-4H3,(H,26,29). The summed E-state index contributed by atoms with van der Waals surface area (Å²) in [5.41, 5.74) is 3.56. The molecule has 0 bridgehead atoms. The molecule has 31 heavy (non-hydrogen) atoms. The molecule has 1 amide bonds. The lowest BCUT2D eigenvalue weighted by Crippen LogP contribution is -2.35. The summed E-state index contributed by atoms with van der Waals surface area (Å²) in [4.78, 5) is 23.8. The summed E-state index contributed by atoms with van der Waals surface area (Å²) in [5.74, 6) is 0.0876. The number of aromatic nitrogens is 1. The minimum Gasteiger partial charge on any atom is -0.317 e. The van der Waals surface area contributed by atoms with Crippen LogP contribution in [-0.2, 0) is 17.8 Å². The van der Waals surface area contributed by atoms with Gasteiger partial charge in [0.2, 0.25) is 5.91 Å². The minimum atomic E-state index is 0.0876. The van der Waals surface area contributed by atoms with Crippen LogP contribution in [0.15, 0.2) is 24.3 Å². The summed E-state index contributed by atoms with van der Waals surface area (Å²) in [6, 6.07) is 8.80. The van der Waals surface area contributed by atoms with E-state index < -0.39 is 0 Å². The number of rotatable bonds is 8. The molecule has 0 radical (unpaired) electrons. The maximum absolute atomic E-state index is 12.8. The molecule has 0 atom stereocenters. The number of hydrogen-bond donors (Lipinski definition) is 1. The zero-order chi connectivity index (χ0) is 22.0. The molecule has 1 aromatic carbocycles. The number of fused-ring (bicyclic) bond motifs is 2. The van der Waals surface area contributed by atoms with Crippen LogP contribution in [0.3, 0.4) is 0 Å². The van der Waals surface area contributed by atoms with E-state index in [-0.39, 0.29) is 5.91 Å². The largest absolute Gasteiger partial charge is 0.317 e. The number of nitrogens with zero attached hydrogens (tertiary/aromatic N) is 3. The zero-order valence-electron chi connectivity index (χ0n) is 18.9. The monoisotopic (exact) mass is 456 g/mol. The van der Waals surface area contributed by atoms with Crippen LogP contribution in [0, 0.1) is 0 Å². The van der Waals surface area contributed by atoms with Crippen LogP contribution in [0.2, 0.25) is 0 Å². The van der Waals surface area contributed by atoms with Gasteiger partial charge in [0, 0.05) is 42.5 Å². The number of thiophene rings is 1. The number of carbonyl (C=O) groups is 1. The molecule has 3 heterocycles. The van der Waals surface area contributed by atoms with Crippen LogP contribution in [-0.4, -0.2) is 53.4 Å². The highest BCUT2D eigenvalue weighted by atomic mass is 32.1. The third kappa shape index (κ3) is 5.00. The Bertz CT molecular complexity index is 1020. The highest BCUT2D eigenvalue weighted by Crippen LogP contribution is 2.45. The van der Waals surface area contributed by atoms with E-state index in [0.717, 1.165) is 60.1 Å². The van der Waals surface area contributed by atoms with Crippen molar-refractivity contribution in [2.75, 3.05) is 32.0 Å². The molecule has 0 aliphatic carbocycles. The van der Waals surface area contributed by atoms with Gasteiger partial charge in [0.05, 0.1) is 10.2 Å². The van der Waals surface area contributed by atoms with Crippen molar-refractivity contribution in [1.29, 1.82) is 0 Å². The van der Waals surface area contributed by atoms with E-state index in [9.17, 15) is 4.79 Å². The average molecular weight is 457 g/mol. The molecule has 0 saturated heterocycles. The molecule has 2 aromatic heterocycles. The average Bonchev–Trinajstić information content (AvgIpc) is 3.32. The van der Waals surface area contributed by atoms with E-state index in [0.29, 0.717) is 12.5 Å². The molecule has 0 fully saturated rings. The molecule has 1 aliphatic heterocycles. The Balaban J connectivity index is 1.64. The normalized spacial score (nSPS) is 14.5. The van der Waals surface area contributed by atoms with Crippen molar-refractivity contribution in [2.24, 2.45) is 0 Å². The minimum absolute atomic E-state index is 0.0876. The maximum atomic E-state index is 12.8. The molecule has 1 aliphatic rings. The smallest absolute Gasteiger partial charge is 0.226 e. The van der Waals surface area contributed by atoms with Crippen molar-refractivity contribution < 1.29 is 4.79 Å². The van der Waals surface area contributed by atoms with E-state index in [1.807, 2.05) is 6.07 Å². The Morgan fingerprint density at radius 2 is 2.06 bits per heavy atom. The van der Waals surface area contributed by atoms with Crippen molar-refractivity contribution in [3.8, 4) is 10.6 Å². The van der Waals surface area contributed by atoms with Crippen LogP contribution in [0.5, 0.6) is 0 Å². The molecule has 0 unspecified atom stereocenters. The Hall–Kier alpha value is -1.80. The fourth-order valence-corrected chi connectivity index (χ4v) is 6.53. The second-order valence-corrected chi connectivity index (χ2v) is 10.7. The van der Waals surface area contributed by atoms with Gasteiger partial charge in [-0.3, -0.25) is 9.69 Å². The number of thiazole rings is 1. The van der Waals surface area contributed by atoms with Crippen LogP contribution in [0.1, 0.15) is 44.1 Å². The van der Waals surface area contributed by atoms with Gasteiger partial charge < -0.3 is 10.2 Å². The maximum Gasteiger partial charge on any atom is 0.226 e. The van der Waals surface area contributed by atoms with Crippen molar-refractivity contribution in [3.63, 3.8) is 0 Å². The summed E-state index contributed by atoms with van der Waals surface area (Å²) in [6.07, 6.45) is 2.62. The molecular formula is C24H32N4OS2. The molecule has 0 saturated carbocycles. The number of carbonyl (C=O) groups excluding carboxylic acids is 1. The van der Waals surface area contributed by atoms with Crippen molar-refractivity contribution in [2.45, 2.75) is 52.6 Å². The third-order valence-electron chi connectivity index (χ3n) is 5.90. The van der Waals surface area contributed by atoms with E-state index >= 15 is 0 Å². The molecule has 4 rings (SSSR count). The fraction of sp³-hybridized carbons (Fsp3) is 0.500. The van der Waals surface area contributed by atoms with Gasteiger partial charge in [-0.1, -0.05) is 19.1 Å². The second kappa shape index (κ2) is 9.77. The predicted octanol–water partition coefficient (Wildman–Crippen LogP) is 5.46. The number of para-hydroxylation sites is 1. The van der Waals surface area contributed by atoms with Gasteiger partial charge >= 0.3 is 0 Å². The highest BCUT2D eigenvalue weighted by molar-refractivity contribution is 7.22. The van der Waals surface area contributed by atoms with Gasteiger partial charge in [-0.2, -0.15) is 0 Å². The lowest BCUT2D eigenvalue weighted by atomic mass is 10.0. The van der Waals surface area contributed by atoms with Crippen molar-refractivity contribution in [3.05, 3.63) is 34.7 Å². The van der Waals surface area contributed by atoms with E-state index in [1.54, 1.807) is 22.7 Å². The first-order valence-electron chi connectivity index (χ1n) is 11.2. The van der Waals surface area contributed by atoms with Crippen LogP contribution >= 0.6 is 22.7 Å². The molecule has 1 N–H and O–H groups in total. The SMILES string of the molecule is CCCN(C)CCC(=O)Nc1sc2c(c1-c1nc3ccccc3s1)CCN(C(C)C)C2. The summed E-state index contributed by atoms with van der Waals surface area (Å²) < 4.78 is 1.19. The highest BCUT2D eigenvalue weighted by Gasteiger charge is 2.28. The lowest BCUT2D eigenvalue weighted by Gasteiger charge is -2.30. The van der Waals surface area contributed by atoms with Crippen LogP contribution < -0.4 is 5.32 Å². The van der Waals surface area contributed by atoms with Crippen LogP contribution in [0.25, 0.3) is 20.8 Å². The first kappa shape index (κ1) is 22.4. The number of anilines is 1. The Morgan fingerprint density at radius 3 is 2.81 bits per heavy atom. The lowest BCUT2D eigenvalue weighted by molar-refractivity contribution is -0.116. The van der Waals surface area contributed by atoms with Gasteiger partial charge in [0.25, 0.3) is 0 Å².